The zero-order valence-corrected chi connectivity index (χ0v) is 8.42. The zero-order valence-electron chi connectivity index (χ0n) is 8.42. The van der Waals surface area contributed by atoms with E-state index in [1.165, 1.54) is 12.1 Å². The van der Waals surface area contributed by atoms with Crippen molar-refractivity contribution in [3.63, 3.8) is 0 Å². The number of rotatable bonds is 3. The highest BCUT2D eigenvalue weighted by Gasteiger charge is 2.06. The van der Waals surface area contributed by atoms with Crippen molar-refractivity contribution >= 4 is 5.69 Å². The Balaban J connectivity index is 2.97. The molecular formula is C11H13FN2. The van der Waals surface area contributed by atoms with E-state index in [1.807, 2.05) is 19.0 Å². The van der Waals surface area contributed by atoms with E-state index >= 15 is 0 Å². The minimum absolute atomic E-state index is 0.236. The average molecular weight is 192 g/mol. The third kappa shape index (κ3) is 2.46. The van der Waals surface area contributed by atoms with Crippen LogP contribution in [-0.4, -0.2) is 20.6 Å². The fraction of sp³-hybridized carbons (Fsp3) is 0.364. The van der Waals surface area contributed by atoms with Crippen LogP contribution in [0.2, 0.25) is 0 Å². The molecular weight excluding hydrogens is 179 g/mol. The minimum Gasteiger partial charge on any atom is -0.377 e. The molecule has 0 saturated heterocycles. The van der Waals surface area contributed by atoms with Gasteiger partial charge in [-0.05, 0) is 17.7 Å². The molecule has 0 aliphatic heterocycles. The summed E-state index contributed by atoms with van der Waals surface area (Å²) in [6.45, 7) is 7.16. The second-order valence-electron chi connectivity index (χ2n) is 3.30. The summed E-state index contributed by atoms with van der Waals surface area (Å²) in [6, 6.07) is 4.68. The third-order valence-electron chi connectivity index (χ3n) is 2.02. The van der Waals surface area contributed by atoms with Gasteiger partial charge >= 0.3 is 0 Å². The highest BCUT2D eigenvalue weighted by molar-refractivity contribution is 5.53. The maximum Gasteiger partial charge on any atom is 0.218 e. The predicted octanol–water partition coefficient (Wildman–Crippen LogP) is 2.35. The molecule has 2 nitrogen and oxygen atoms in total. The Morgan fingerprint density at radius 1 is 1.43 bits per heavy atom. The van der Waals surface area contributed by atoms with Crippen molar-refractivity contribution < 1.29 is 4.39 Å². The molecule has 0 atom stereocenters. The molecule has 0 N–H and O–H groups in total. The number of hydrogen-bond acceptors (Lipinski definition) is 1. The first-order valence-corrected chi connectivity index (χ1v) is 4.44. The van der Waals surface area contributed by atoms with Gasteiger partial charge in [0.25, 0.3) is 0 Å². The summed E-state index contributed by atoms with van der Waals surface area (Å²) in [6.07, 6.45) is 0.678. The fourth-order valence-electron chi connectivity index (χ4n) is 1.34. The maximum atomic E-state index is 12.9. The van der Waals surface area contributed by atoms with Gasteiger partial charge in [0.05, 0.1) is 0 Å². The quantitative estimate of drug-likeness (QED) is 0.667. The van der Waals surface area contributed by atoms with E-state index in [4.69, 9.17) is 6.57 Å². The monoisotopic (exact) mass is 192 g/mol. The third-order valence-corrected chi connectivity index (χ3v) is 2.02. The molecule has 0 heterocycles. The molecule has 74 valence electrons. The predicted molar refractivity (Wildman–Crippen MR) is 55.9 cm³/mol. The molecule has 0 amide bonds. The Labute approximate surface area is 83.8 Å². The second kappa shape index (κ2) is 4.61. The zero-order chi connectivity index (χ0) is 10.6. The Morgan fingerprint density at radius 3 is 2.71 bits per heavy atom. The summed E-state index contributed by atoms with van der Waals surface area (Å²) in [5.74, 6) is -0.236. The standard InChI is InChI=1S/C11H13FN2/c1-13-7-6-9-4-5-10(12)8-11(9)14(2)3/h4-5,8H,6-7H2,2-3H3. The lowest BCUT2D eigenvalue weighted by atomic mass is 10.1. The Hall–Kier alpha value is -1.56. The lowest BCUT2D eigenvalue weighted by molar-refractivity contribution is 0.627. The van der Waals surface area contributed by atoms with Crippen molar-refractivity contribution in [2.24, 2.45) is 0 Å². The van der Waals surface area contributed by atoms with E-state index in [-0.39, 0.29) is 5.82 Å². The van der Waals surface area contributed by atoms with E-state index in [0.717, 1.165) is 11.3 Å². The number of anilines is 1. The number of nitrogens with zero attached hydrogens (tertiary/aromatic N) is 2. The summed E-state index contributed by atoms with van der Waals surface area (Å²) >= 11 is 0. The van der Waals surface area contributed by atoms with Crippen LogP contribution in [0.25, 0.3) is 4.85 Å². The van der Waals surface area contributed by atoms with E-state index in [2.05, 4.69) is 4.85 Å². The molecule has 0 spiro atoms. The normalized spacial score (nSPS) is 9.57. The molecule has 0 saturated carbocycles. The number of halogens is 1. The van der Waals surface area contributed by atoms with Crippen LogP contribution in [0.1, 0.15) is 5.56 Å². The van der Waals surface area contributed by atoms with Gasteiger partial charge in [-0.25, -0.2) is 11.0 Å². The molecule has 0 aliphatic carbocycles. The van der Waals surface area contributed by atoms with E-state index in [9.17, 15) is 4.39 Å². The molecule has 14 heavy (non-hydrogen) atoms. The summed E-state index contributed by atoms with van der Waals surface area (Å²) in [7, 11) is 3.74. The largest absolute Gasteiger partial charge is 0.377 e. The first-order valence-electron chi connectivity index (χ1n) is 4.44. The summed E-state index contributed by atoms with van der Waals surface area (Å²) in [5.41, 5.74) is 1.88. The van der Waals surface area contributed by atoms with Gasteiger partial charge in [-0.1, -0.05) is 6.07 Å². The molecule has 0 bridgehead atoms. The molecule has 0 radical (unpaired) electrons. The number of hydrogen-bond donors (Lipinski definition) is 0. The van der Waals surface area contributed by atoms with Gasteiger partial charge in [0, 0.05) is 26.2 Å². The van der Waals surface area contributed by atoms with Crippen molar-refractivity contribution in [1.82, 2.24) is 0 Å². The van der Waals surface area contributed by atoms with Crippen LogP contribution < -0.4 is 4.90 Å². The highest BCUT2D eigenvalue weighted by atomic mass is 19.1. The van der Waals surface area contributed by atoms with Crippen LogP contribution >= 0.6 is 0 Å². The smallest absolute Gasteiger partial charge is 0.218 e. The second-order valence-corrected chi connectivity index (χ2v) is 3.30. The molecule has 1 rings (SSSR count). The molecule has 3 heteroatoms. The van der Waals surface area contributed by atoms with Crippen molar-refractivity contribution in [1.29, 1.82) is 0 Å². The first kappa shape index (κ1) is 10.5. The lowest BCUT2D eigenvalue weighted by Gasteiger charge is -2.16. The first-order chi connectivity index (χ1) is 6.65. The van der Waals surface area contributed by atoms with Crippen LogP contribution in [0.3, 0.4) is 0 Å². The van der Waals surface area contributed by atoms with Crippen LogP contribution in [0.15, 0.2) is 18.2 Å². The van der Waals surface area contributed by atoms with Gasteiger partial charge in [-0.15, -0.1) is 0 Å². The van der Waals surface area contributed by atoms with E-state index in [0.29, 0.717) is 13.0 Å². The van der Waals surface area contributed by atoms with Gasteiger partial charge in [0.2, 0.25) is 6.54 Å². The lowest BCUT2D eigenvalue weighted by Crippen LogP contribution is -2.12. The summed E-state index contributed by atoms with van der Waals surface area (Å²) in [5, 5.41) is 0. The summed E-state index contributed by atoms with van der Waals surface area (Å²) < 4.78 is 12.9. The molecule has 0 aliphatic rings. The Bertz CT molecular complexity index is 353. The fourth-order valence-corrected chi connectivity index (χ4v) is 1.34. The minimum atomic E-state index is -0.236. The van der Waals surface area contributed by atoms with Gasteiger partial charge in [0.1, 0.15) is 5.82 Å². The highest BCUT2D eigenvalue weighted by Crippen LogP contribution is 2.20. The van der Waals surface area contributed by atoms with Gasteiger partial charge < -0.3 is 9.74 Å². The Kier molecular flexibility index (Phi) is 3.47. The Morgan fingerprint density at radius 2 is 2.14 bits per heavy atom. The number of benzene rings is 1. The molecule has 0 aromatic heterocycles. The maximum absolute atomic E-state index is 12.9. The van der Waals surface area contributed by atoms with Crippen LogP contribution in [0.4, 0.5) is 10.1 Å². The average Bonchev–Trinajstić information content (AvgIpc) is 2.15. The van der Waals surface area contributed by atoms with Gasteiger partial charge in [0.15, 0.2) is 0 Å². The van der Waals surface area contributed by atoms with Gasteiger partial charge in [-0.2, -0.15) is 0 Å². The van der Waals surface area contributed by atoms with Crippen molar-refractivity contribution in [2.45, 2.75) is 6.42 Å². The molecule has 0 unspecified atom stereocenters. The van der Waals surface area contributed by atoms with Crippen LogP contribution in [0.5, 0.6) is 0 Å². The topological polar surface area (TPSA) is 7.60 Å². The van der Waals surface area contributed by atoms with Crippen molar-refractivity contribution in [3.05, 3.63) is 41.0 Å². The molecule has 1 aromatic rings. The van der Waals surface area contributed by atoms with Crippen LogP contribution in [0, 0.1) is 12.4 Å². The van der Waals surface area contributed by atoms with E-state index in [1.54, 1.807) is 6.07 Å². The van der Waals surface area contributed by atoms with E-state index < -0.39 is 0 Å². The SMILES string of the molecule is [C-]#[N+]CCc1ccc(F)cc1N(C)C. The van der Waals surface area contributed by atoms with Crippen molar-refractivity contribution in [3.8, 4) is 0 Å². The van der Waals surface area contributed by atoms with Gasteiger partial charge in [-0.3, -0.25) is 0 Å². The van der Waals surface area contributed by atoms with Crippen molar-refractivity contribution in [2.75, 3.05) is 25.5 Å². The molecule has 1 aromatic carbocycles. The molecule has 0 fully saturated rings. The van der Waals surface area contributed by atoms with Crippen LogP contribution in [-0.2, 0) is 6.42 Å². The summed E-state index contributed by atoms with van der Waals surface area (Å²) in [4.78, 5) is 5.16.